The van der Waals surface area contributed by atoms with Gasteiger partial charge < -0.3 is 5.32 Å². The third-order valence-electron chi connectivity index (χ3n) is 3.29. The summed E-state index contributed by atoms with van der Waals surface area (Å²) >= 11 is 3.47. The van der Waals surface area contributed by atoms with Crippen LogP contribution in [-0.2, 0) is 6.42 Å². The standard InChI is InChI=1S/C13H18BrN/c1-2-7-13(8-9-15-13)10-11-3-5-12(14)6-4-11/h3-6,15H,2,7-10H2,1H3. The van der Waals surface area contributed by atoms with E-state index in [9.17, 15) is 0 Å². The van der Waals surface area contributed by atoms with Crippen molar-refractivity contribution in [1.82, 2.24) is 5.32 Å². The second-order valence-corrected chi connectivity index (χ2v) is 5.43. The van der Waals surface area contributed by atoms with Crippen LogP contribution in [0.3, 0.4) is 0 Å². The van der Waals surface area contributed by atoms with E-state index in [0.29, 0.717) is 5.54 Å². The van der Waals surface area contributed by atoms with E-state index < -0.39 is 0 Å². The van der Waals surface area contributed by atoms with E-state index in [4.69, 9.17) is 0 Å². The number of rotatable bonds is 4. The molecule has 1 N–H and O–H groups in total. The first-order chi connectivity index (χ1) is 7.24. The molecule has 1 fully saturated rings. The Morgan fingerprint density at radius 2 is 2.00 bits per heavy atom. The molecule has 2 heteroatoms. The highest BCUT2D eigenvalue weighted by atomic mass is 79.9. The normalized spacial score (nSPS) is 24.9. The van der Waals surface area contributed by atoms with E-state index in [1.165, 1.54) is 37.8 Å². The first-order valence-corrected chi connectivity index (χ1v) is 6.53. The first-order valence-electron chi connectivity index (χ1n) is 5.74. The van der Waals surface area contributed by atoms with Gasteiger partial charge in [0.15, 0.2) is 0 Å². The summed E-state index contributed by atoms with van der Waals surface area (Å²) in [7, 11) is 0. The third kappa shape index (κ3) is 2.61. The van der Waals surface area contributed by atoms with Gasteiger partial charge in [-0.1, -0.05) is 41.4 Å². The van der Waals surface area contributed by atoms with Gasteiger partial charge in [-0.05, 0) is 43.5 Å². The SMILES string of the molecule is CCCC1(Cc2ccc(Br)cc2)CCN1. The fraction of sp³-hybridized carbons (Fsp3) is 0.538. The lowest BCUT2D eigenvalue weighted by Gasteiger charge is -2.44. The van der Waals surface area contributed by atoms with Crippen molar-refractivity contribution in [1.29, 1.82) is 0 Å². The van der Waals surface area contributed by atoms with Crippen molar-refractivity contribution in [3.05, 3.63) is 34.3 Å². The molecule has 0 radical (unpaired) electrons. The minimum Gasteiger partial charge on any atom is -0.311 e. The maximum absolute atomic E-state index is 3.61. The second kappa shape index (κ2) is 4.67. The zero-order chi connectivity index (χ0) is 10.7. The highest BCUT2D eigenvalue weighted by Gasteiger charge is 2.35. The number of hydrogen-bond acceptors (Lipinski definition) is 1. The summed E-state index contributed by atoms with van der Waals surface area (Å²) in [5.74, 6) is 0. The first kappa shape index (κ1) is 11.2. The quantitative estimate of drug-likeness (QED) is 0.881. The van der Waals surface area contributed by atoms with Gasteiger partial charge >= 0.3 is 0 Å². The van der Waals surface area contributed by atoms with Crippen molar-refractivity contribution in [2.24, 2.45) is 0 Å². The Hall–Kier alpha value is -0.340. The Balaban J connectivity index is 2.03. The fourth-order valence-electron chi connectivity index (χ4n) is 2.40. The summed E-state index contributed by atoms with van der Waals surface area (Å²) in [6.07, 6.45) is 5.07. The Kier molecular flexibility index (Phi) is 3.47. The van der Waals surface area contributed by atoms with Crippen LogP contribution in [0.5, 0.6) is 0 Å². The monoisotopic (exact) mass is 267 g/mol. The smallest absolute Gasteiger partial charge is 0.0233 e. The zero-order valence-corrected chi connectivity index (χ0v) is 10.8. The van der Waals surface area contributed by atoms with Crippen LogP contribution in [0.1, 0.15) is 31.7 Å². The lowest BCUT2D eigenvalue weighted by molar-refractivity contribution is 0.188. The molecule has 1 aliphatic rings. The van der Waals surface area contributed by atoms with Crippen molar-refractivity contribution < 1.29 is 0 Å². The van der Waals surface area contributed by atoms with Gasteiger partial charge in [0.25, 0.3) is 0 Å². The van der Waals surface area contributed by atoms with Crippen LogP contribution < -0.4 is 5.32 Å². The van der Waals surface area contributed by atoms with E-state index in [1.54, 1.807) is 0 Å². The van der Waals surface area contributed by atoms with Crippen LogP contribution in [0.2, 0.25) is 0 Å². The summed E-state index contributed by atoms with van der Waals surface area (Å²) in [5, 5.41) is 3.61. The second-order valence-electron chi connectivity index (χ2n) is 4.51. The predicted molar refractivity (Wildman–Crippen MR) is 68.1 cm³/mol. The molecular weight excluding hydrogens is 250 g/mol. The fourth-order valence-corrected chi connectivity index (χ4v) is 2.67. The molecule has 1 aliphatic heterocycles. The lowest BCUT2D eigenvalue weighted by Crippen LogP contribution is -2.58. The molecule has 1 nitrogen and oxygen atoms in total. The lowest BCUT2D eigenvalue weighted by atomic mass is 9.78. The number of nitrogens with one attached hydrogen (secondary N) is 1. The highest BCUT2D eigenvalue weighted by molar-refractivity contribution is 9.10. The molecule has 0 aromatic heterocycles. The maximum atomic E-state index is 3.61. The maximum Gasteiger partial charge on any atom is 0.0233 e. The molecule has 1 unspecified atom stereocenters. The van der Waals surface area contributed by atoms with Gasteiger partial charge in [-0.15, -0.1) is 0 Å². The summed E-state index contributed by atoms with van der Waals surface area (Å²) in [5.41, 5.74) is 1.85. The minimum absolute atomic E-state index is 0.405. The van der Waals surface area contributed by atoms with Crippen LogP contribution in [-0.4, -0.2) is 12.1 Å². The van der Waals surface area contributed by atoms with Gasteiger partial charge in [-0.25, -0.2) is 0 Å². The van der Waals surface area contributed by atoms with Gasteiger partial charge in [-0.2, -0.15) is 0 Å². The third-order valence-corrected chi connectivity index (χ3v) is 3.82. The molecule has 2 rings (SSSR count). The van der Waals surface area contributed by atoms with E-state index in [0.717, 1.165) is 4.47 Å². The van der Waals surface area contributed by atoms with Crippen molar-refractivity contribution in [3.8, 4) is 0 Å². The Bertz CT molecular complexity index is 314. The molecule has 1 atom stereocenters. The van der Waals surface area contributed by atoms with E-state index in [2.05, 4.69) is 52.4 Å². The molecular formula is C13H18BrN. The average molecular weight is 268 g/mol. The van der Waals surface area contributed by atoms with Gasteiger partial charge in [0.2, 0.25) is 0 Å². The molecule has 0 aliphatic carbocycles. The summed E-state index contributed by atoms with van der Waals surface area (Å²) in [4.78, 5) is 0. The van der Waals surface area contributed by atoms with Crippen molar-refractivity contribution in [3.63, 3.8) is 0 Å². The van der Waals surface area contributed by atoms with Gasteiger partial charge in [0, 0.05) is 10.0 Å². The Morgan fingerprint density at radius 1 is 1.33 bits per heavy atom. The van der Waals surface area contributed by atoms with Crippen molar-refractivity contribution in [2.45, 2.75) is 38.1 Å². The number of hydrogen-bond donors (Lipinski definition) is 1. The van der Waals surface area contributed by atoms with Crippen molar-refractivity contribution in [2.75, 3.05) is 6.54 Å². The predicted octanol–water partition coefficient (Wildman–Crippen LogP) is 3.52. The molecule has 82 valence electrons. The topological polar surface area (TPSA) is 12.0 Å². The average Bonchev–Trinajstić information content (AvgIpc) is 2.18. The van der Waals surface area contributed by atoms with E-state index in [-0.39, 0.29) is 0 Å². The van der Waals surface area contributed by atoms with Gasteiger partial charge in [0.1, 0.15) is 0 Å². The Labute approximate surface area is 100 Å². The molecule has 1 heterocycles. The number of benzene rings is 1. The van der Waals surface area contributed by atoms with Crippen LogP contribution >= 0.6 is 15.9 Å². The van der Waals surface area contributed by atoms with Crippen molar-refractivity contribution >= 4 is 15.9 Å². The van der Waals surface area contributed by atoms with Crippen LogP contribution in [0.4, 0.5) is 0 Å². The largest absolute Gasteiger partial charge is 0.311 e. The van der Waals surface area contributed by atoms with Crippen LogP contribution in [0.15, 0.2) is 28.7 Å². The van der Waals surface area contributed by atoms with E-state index >= 15 is 0 Å². The van der Waals surface area contributed by atoms with Crippen LogP contribution in [0.25, 0.3) is 0 Å². The van der Waals surface area contributed by atoms with E-state index in [1.807, 2.05) is 0 Å². The molecule has 0 amide bonds. The molecule has 1 aromatic rings. The summed E-state index contributed by atoms with van der Waals surface area (Å²) < 4.78 is 1.16. The summed E-state index contributed by atoms with van der Waals surface area (Å²) in [6.45, 7) is 3.46. The molecule has 0 saturated carbocycles. The molecule has 0 spiro atoms. The minimum atomic E-state index is 0.405. The molecule has 15 heavy (non-hydrogen) atoms. The van der Waals surface area contributed by atoms with Gasteiger partial charge in [-0.3, -0.25) is 0 Å². The Morgan fingerprint density at radius 3 is 2.47 bits per heavy atom. The van der Waals surface area contributed by atoms with Crippen LogP contribution in [0, 0.1) is 0 Å². The molecule has 1 aromatic carbocycles. The molecule has 1 saturated heterocycles. The zero-order valence-electron chi connectivity index (χ0n) is 9.22. The highest BCUT2D eigenvalue weighted by Crippen LogP contribution is 2.29. The summed E-state index contributed by atoms with van der Waals surface area (Å²) in [6, 6.07) is 8.71. The molecule has 0 bridgehead atoms. The van der Waals surface area contributed by atoms with Gasteiger partial charge in [0.05, 0.1) is 0 Å². The number of halogens is 1.